The highest BCUT2D eigenvalue weighted by Crippen LogP contribution is 2.25. The molecule has 0 aromatic heterocycles. The zero-order valence-electron chi connectivity index (χ0n) is 9.90. The molecule has 0 aliphatic rings. The molecule has 0 saturated heterocycles. The van der Waals surface area contributed by atoms with E-state index in [-0.39, 0.29) is 0 Å². The van der Waals surface area contributed by atoms with Crippen LogP contribution in [0.1, 0.15) is 47.0 Å². The Kier molecular flexibility index (Phi) is 6.69. The van der Waals surface area contributed by atoms with Crippen LogP contribution in [0.15, 0.2) is 0 Å². The van der Waals surface area contributed by atoms with Crippen molar-refractivity contribution in [2.45, 2.75) is 65.1 Å². The van der Waals surface area contributed by atoms with Gasteiger partial charge in [0.25, 0.3) is 0 Å². The van der Waals surface area contributed by atoms with Crippen molar-refractivity contribution in [3.05, 3.63) is 0 Å². The average molecular weight is 201 g/mol. The molecule has 1 unspecified atom stereocenters. The van der Waals surface area contributed by atoms with E-state index in [1.54, 1.807) is 0 Å². The Morgan fingerprint density at radius 3 is 1.92 bits per heavy atom. The van der Waals surface area contributed by atoms with Crippen molar-refractivity contribution in [2.24, 2.45) is 11.3 Å². The average Bonchev–Trinajstić information content (AvgIpc) is 2.17. The van der Waals surface area contributed by atoms with Crippen molar-refractivity contribution in [3.63, 3.8) is 0 Å². The number of rotatable bonds is 7. The molecule has 1 nitrogen and oxygen atoms in total. The molecule has 0 aliphatic carbocycles. The lowest BCUT2D eigenvalue weighted by Crippen LogP contribution is -2.45. The minimum absolute atomic E-state index is 0.904. The first-order valence-corrected chi connectivity index (χ1v) is 8.60. The first-order chi connectivity index (χ1) is 6.11. The van der Waals surface area contributed by atoms with Gasteiger partial charge in [-0.05, 0) is 24.1 Å². The van der Waals surface area contributed by atoms with Crippen molar-refractivity contribution >= 4 is 8.24 Å². The van der Waals surface area contributed by atoms with Crippen LogP contribution in [0.4, 0.5) is 0 Å². The molecule has 80 valence electrons. The van der Waals surface area contributed by atoms with Gasteiger partial charge in [0, 0.05) is 0 Å². The topological polar surface area (TPSA) is 26.0 Å². The van der Waals surface area contributed by atoms with Gasteiger partial charge < -0.3 is 5.40 Å². The molecule has 2 N–H and O–H groups in total. The molecule has 1 atom stereocenters. The molecule has 0 aromatic rings. The second-order valence-corrected chi connectivity index (χ2v) is 8.88. The zero-order valence-corrected chi connectivity index (χ0v) is 10.9. The van der Waals surface area contributed by atoms with Crippen LogP contribution in [0.25, 0.3) is 0 Å². The van der Waals surface area contributed by atoms with Gasteiger partial charge in [0.1, 0.15) is 8.24 Å². The van der Waals surface area contributed by atoms with Gasteiger partial charge in [-0.3, -0.25) is 0 Å². The zero-order chi connectivity index (χ0) is 10.3. The molecule has 0 spiro atoms. The Hall–Kier alpha value is 0.177. The Morgan fingerprint density at radius 2 is 1.62 bits per heavy atom. The van der Waals surface area contributed by atoms with Crippen molar-refractivity contribution < 1.29 is 0 Å². The second-order valence-electron chi connectivity index (χ2n) is 4.34. The highest BCUT2D eigenvalue weighted by atomic mass is 28.3. The molecule has 0 rings (SSSR count). The van der Waals surface area contributed by atoms with Gasteiger partial charge in [-0.25, -0.2) is 0 Å². The molecule has 0 amide bonds. The highest BCUT2D eigenvalue weighted by Gasteiger charge is 2.26. The fourth-order valence-electron chi connectivity index (χ4n) is 1.97. The number of hydrogen-bond acceptors (Lipinski definition) is 1. The van der Waals surface area contributed by atoms with Gasteiger partial charge in [0.2, 0.25) is 0 Å². The molecule has 0 bridgehead atoms. The normalized spacial score (nSPS) is 14.5. The van der Waals surface area contributed by atoms with Crippen LogP contribution < -0.4 is 5.40 Å². The van der Waals surface area contributed by atoms with E-state index >= 15 is 0 Å². The third-order valence-corrected chi connectivity index (χ3v) is 7.58. The summed E-state index contributed by atoms with van der Waals surface area (Å²) in [6.45, 7) is 9.13. The quantitative estimate of drug-likeness (QED) is 0.624. The predicted molar refractivity (Wildman–Crippen MR) is 64.4 cm³/mol. The van der Waals surface area contributed by atoms with Gasteiger partial charge in [0.05, 0.1) is 0 Å². The fourth-order valence-corrected chi connectivity index (χ4v) is 4.69. The van der Waals surface area contributed by atoms with Crippen LogP contribution in [0.2, 0.25) is 18.1 Å². The molecule has 0 radical (unpaired) electrons. The van der Waals surface area contributed by atoms with Gasteiger partial charge in [-0.2, -0.15) is 0 Å². The SMILES string of the molecule is CCCC(CC)C[Si](N)(CC)CC. The van der Waals surface area contributed by atoms with Crippen molar-refractivity contribution in [1.29, 1.82) is 0 Å². The smallest absolute Gasteiger partial charge is 0.122 e. The van der Waals surface area contributed by atoms with E-state index in [0.717, 1.165) is 5.92 Å². The molecular weight excluding hydrogens is 174 g/mol. The third kappa shape index (κ3) is 4.82. The fraction of sp³-hybridized carbons (Fsp3) is 1.00. The maximum Gasteiger partial charge on any atom is 0.122 e. The highest BCUT2D eigenvalue weighted by molar-refractivity contribution is 6.76. The molecule has 0 aromatic carbocycles. The van der Waals surface area contributed by atoms with Crippen LogP contribution >= 0.6 is 0 Å². The molecule has 0 saturated carbocycles. The number of hydrogen-bond donors (Lipinski definition) is 1. The molecule has 0 heterocycles. The van der Waals surface area contributed by atoms with Crippen LogP contribution in [0.5, 0.6) is 0 Å². The van der Waals surface area contributed by atoms with Crippen LogP contribution in [-0.2, 0) is 0 Å². The van der Waals surface area contributed by atoms with E-state index < -0.39 is 8.24 Å². The summed E-state index contributed by atoms with van der Waals surface area (Å²) in [5.74, 6) is 0.904. The maximum atomic E-state index is 6.44. The Labute approximate surface area is 85.2 Å². The van der Waals surface area contributed by atoms with Gasteiger partial charge in [-0.15, -0.1) is 0 Å². The summed E-state index contributed by atoms with van der Waals surface area (Å²) in [4.78, 5) is 0. The van der Waals surface area contributed by atoms with Crippen LogP contribution in [0.3, 0.4) is 0 Å². The Bertz CT molecular complexity index is 121. The second kappa shape index (κ2) is 6.60. The largest absolute Gasteiger partial charge is 0.351 e. The molecule has 0 aliphatic heterocycles. The Morgan fingerprint density at radius 1 is 1.08 bits per heavy atom. The monoisotopic (exact) mass is 201 g/mol. The standard InChI is InChI=1S/C11H27NSi/c1-5-9-11(6-2)10-13(12,7-3)8-4/h11H,5-10,12H2,1-4H3. The molecular formula is C11H27NSi. The minimum atomic E-state index is -1.32. The molecule has 2 heteroatoms. The summed E-state index contributed by atoms with van der Waals surface area (Å²) in [5.41, 5.74) is 0. The van der Waals surface area contributed by atoms with Crippen LogP contribution in [-0.4, -0.2) is 8.24 Å². The van der Waals surface area contributed by atoms with E-state index in [0.29, 0.717) is 0 Å². The van der Waals surface area contributed by atoms with Gasteiger partial charge in [-0.1, -0.05) is 47.0 Å². The summed E-state index contributed by atoms with van der Waals surface area (Å²) in [6.07, 6.45) is 4.01. The van der Waals surface area contributed by atoms with E-state index in [1.807, 2.05) is 0 Å². The predicted octanol–water partition coefficient (Wildman–Crippen LogP) is 3.76. The minimum Gasteiger partial charge on any atom is -0.351 e. The summed E-state index contributed by atoms with van der Waals surface area (Å²) in [7, 11) is -1.32. The Balaban J connectivity index is 4.02. The lowest BCUT2D eigenvalue weighted by atomic mass is 10.0. The van der Waals surface area contributed by atoms with Gasteiger partial charge in [0.15, 0.2) is 0 Å². The summed E-state index contributed by atoms with van der Waals surface area (Å²) in [5, 5.41) is 6.44. The van der Waals surface area contributed by atoms with Crippen molar-refractivity contribution in [3.8, 4) is 0 Å². The van der Waals surface area contributed by atoms with E-state index in [2.05, 4.69) is 27.7 Å². The van der Waals surface area contributed by atoms with Gasteiger partial charge >= 0.3 is 0 Å². The maximum absolute atomic E-state index is 6.44. The van der Waals surface area contributed by atoms with E-state index in [1.165, 1.54) is 37.4 Å². The summed E-state index contributed by atoms with van der Waals surface area (Å²) in [6, 6.07) is 3.86. The lowest BCUT2D eigenvalue weighted by Gasteiger charge is -2.28. The third-order valence-electron chi connectivity index (χ3n) is 3.38. The van der Waals surface area contributed by atoms with E-state index in [9.17, 15) is 0 Å². The van der Waals surface area contributed by atoms with Crippen molar-refractivity contribution in [1.82, 2.24) is 0 Å². The first kappa shape index (κ1) is 13.2. The number of nitrogens with two attached hydrogens (primary N) is 1. The molecule has 13 heavy (non-hydrogen) atoms. The summed E-state index contributed by atoms with van der Waals surface area (Å²) < 4.78 is 0. The molecule has 0 fully saturated rings. The summed E-state index contributed by atoms with van der Waals surface area (Å²) >= 11 is 0. The van der Waals surface area contributed by atoms with Crippen molar-refractivity contribution in [2.75, 3.05) is 0 Å². The van der Waals surface area contributed by atoms with E-state index in [4.69, 9.17) is 5.40 Å². The lowest BCUT2D eigenvalue weighted by molar-refractivity contribution is 0.500. The van der Waals surface area contributed by atoms with Crippen LogP contribution in [0, 0.1) is 5.92 Å². The first-order valence-electron chi connectivity index (χ1n) is 5.90.